The van der Waals surface area contributed by atoms with E-state index in [-0.39, 0.29) is 18.2 Å². The molecule has 9 heteroatoms. The molecule has 0 atom stereocenters. The fraction of sp³-hybridized carbons (Fsp3) is 0.182. The third kappa shape index (κ3) is 4.13. The molecule has 1 fully saturated rings. The summed E-state index contributed by atoms with van der Waals surface area (Å²) in [5.41, 5.74) is 1.61. The van der Waals surface area contributed by atoms with Crippen LogP contribution in [0.25, 0.3) is 10.2 Å². The fourth-order valence-corrected chi connectivity index (χ4v) is 4.31. The first kappa shape index (κ1) is 19.3. The Hall–Kier alpha value is -3.72. The first-order valence-corrected chi connectivity index (χ1v) is 10.7. The Labute approximate surface area is 181 Å². The highest BCUT2D eigenvalue weighted by atomic mass is 32.1. The second-order valence-electron chi connectivity index (χ2n) is 7.21. The van der Waals surface area contributed by atoms with Crippen LogP contribution < -0.4 is 10.1 Å². The van der Waals surface area contributed by atoms with E-state index in [0.29, 0.717) is 22.2 Å². The molecule has 0 saturated carbocycles. The van der Waals surface area contributed by atoms with Crippen molar-refractivity contribution in [2.75, 3.05) is 18.4 Å². The number of hydrogen-bond acceptors (Lipinski definition) is 6. The number of hydrogen-bond donors (Lipinski definition) is 2. The Kier molecular flexibility index (Phi) is 5.09. The number of benzene rings is 1. The van der Waals surface area contributed by atoms with Crippen molar-refractivity contribution in [1.29, 1.82) is 0 Å². The molecule has 4 aromatic rings. The lowest BCUT2D eigenvalue weighted by atomic mass is 10.1. The maximum atomic E-state index is 12.5. The summed E-state index contributed by atoms with van der Waals surface area (Å²) in [6.45, 7) is 1.63. The normalized spacial score (nSPS) is 13.1. The lowest BCUT2D eigenvalue weighted by molar-refractivity contribution is -0.115. The van der Waals surface area contributed by atoms with Crippen LogP contribution in [0, 0.1) is 0 Å². The number of carbonyl (C=O) groups is 2. The summed E-state index contributed by atoms with van der Waals surface area (Å²) in [5, 5.41) is 9.29. The number of nitrogens with one attached hydrogen (secondary N) is 2. The predicted octanol–water partition coefficient (Wildman–Crippen LogP) is 3.84. The van der Waals surface area contributed by atoms with Crippen LogP contribution >= 0.6 is 11.3 Å². The Morgan fingerprint density at radius 1 is 1.16 bits per heavy atom. The van der Waals surface area contributed by atoms with Crippen molar-refractivity contribution in [3.05, 3.63) is 65.3 Å². The van der Waals surface area contributed by atoms with Crippen LogP contribution in [0.3, 0.4) is 0 Å². The second-order valence-corrected chi connectivity index (χ2v) is 8.26. The predicted molar refractivity (Wildman–Crippen MR) is 118 cm³/mol. The molecule has 1 saturated heterocycles. The number of amides is 2. The van der Waals surface area contributed by atoms with Crippen LogP contribution in [-0.4, -0.2) is 45.0 Å². The number of aromatic nitrogens is 3. The Morgan fingerprint density at radius 3 is 2.71 bits per heavy atom. The van der Waals surface area contributed by atoms with Crippen LogP contribution in [-0.2, 0) is 11.2 Å². The van der Waals surface area contributed by atoms with Gasteiger partial charge in [0.15, 0.2) is 5.82 Å². The molecule has 4 heterocycles. The average Bonchev–Trinajstić information content (AvgIpc) is 3.38. The molecule has 5 rings (SSSR count). The zero-order chi connectivity index (χ0) is 21.2. The molecule has 8 nitrogen and oxygen atoms in total. The number of pyridine rings is 1. The first-order chi connectivity index (χ1) is 15.2. The SMILES string of the molecule is O=C(Cc1ccc(Oc2ccnc3cc(C(=O)N4CCC4)sc23)cc1)Nc1cc[nH]n1. The summed E-state index contributed by atoms with van der Waals surface area (Å²) >= 11 is 1.40. The zero-order valence-electron chi connectivity index (χ0n) is 16.5. The Morgan fingerprint density at radius 2 is 2.00 bits per heavy atom. The van der Waals surface area contributed by atoms with Crippen molar-refractivity contribution in [3.8, 4) is 11.5 Å². The number of H-pyrrole nitrogens is 1. The molecule has 1 aromatic carbocycles. The average molecular weight is 433 g/mol. The molecule has 0 aliphatic carbocycles. The number of anilines is 1. The molecule has 0 spiro atoms. The minimum absolute atomic E-state index is 0.0534. The molecule has 1 aliphatic rings. The number of nitrogens with zero attached hydrogens (tertiary/aromatic N) is 3. The van der Waals surface area contributed by atoms with E-state index in [4.69, 9.17) is 4.74 Å². The largest absolute Gasteiger partial charge is 0.456 e. The van der Waals surface area contributed by atoms with Crippen molar-refractivity contribution >= 4 is 39.2 Å². The standard InChI is InChI=1S/C22H19N5O3S/c28-20(25-19-7-9-24-26-19)12-14-2-4-15(5-3-14)30-17-6-8-23-16-13-18(31-21(16)17)22(29)27-10-1-11-27/h2-9,13H,1,10-12H2,(H2,24,25,26,28). The lowest BCUT2D eigenvalue weighted by Gasteiger charge is -2.30. The highest BCUT2D eigenvalue weighted by Gasteiger charge is 2.24. The van der Waals surface area contributed by atoms with Gasteiger partial charge in [0.05, 0.1) is 21.5 Å². The number of carbonyl (C=O) groups excluding carboxylic acids is 2. The second kappa shape index (κ2) is 8.19. The van der Waals surface area contributed by atoms with Crippen LogP contribution in [0.15, 0.2) is 54.9 Å². The summed E-state index contributed by atoms with van der Waals surface area (Å²) in [6.07, 6.45) is 4.62. The highest BCUT2D eigenvalue weighted by Crippen LogP contribution is 2.35. The highest BCUT2D eigenvalue weighted by molar-refractivity contribution is 7.21. The Balaban J connectivity index is 1.28. The van der Waals surface area contributed by atoms with E-state index >= 15 is 0 Å². The van der Waals surface area contributed by atoms with E-state index < -0.39 is 0 Å². The molecule has 2 amide bonds. The number of fused-ring (bicyclic) bond motifs is 1. The summed E-state index contributed by atoms with van der Waals surface area (Å²) < 4.78 is 6.90. The molecule has 3 aromatic heterocycles. The fourth-order valence-electron chi connectivity index (χ4n) is 3.28. The van der Waals surface area contributed by atoms with Crippen molar-refractivity contribution in [2.45, 2.75) is 12.8 Å². The molecule has 0 radical (unpaired) electrons. The molecule has 0 bridgehead atoms. The maximum Gasteiger partial charge on any atom is 0.264 e. The summed E-state index contributed by atoms with van der Waals surface area (Å²) in [4.78, 5) is 31.5. The Bertz CT molecular complexity index is 1230. The van der Waals surface area contributed by atoms with Gasteiger partial charge in [-0.1, -0.05) is 12.1 Å². The van der Waals surface area contributed by atoms with Gasteiger partial charge in [-0.3, -0.25) is 19.7 Å². The third-order valence-electron chi connectivity index (χ3n) is 5.01. The van der Waals surface area contributed by atoms with Gasteiger partial charge in [0.1, 0.15) is 11.5 Å². The van der Waals surface area contributed by atoms with Crippen LogP contribution in [0.1, 0.15) is 21.7 Å². The lowest BCUT2D eigenvalue weighted by Crippen LogP contribution is -2.41. The zero-order valence-corrected chi connectivity index (χ0v) is 17.3. The van der Waals surface area contributed by atoms with Gasteiger partial charge in [0, 0.05) is 37.6 Å². The molecule has 31 heavy (non-hydrogen) atoms. The third-order valence-corrected chi connectivity index (χ3v) is 6.14. The van der Waals surface area contributed by atoms with E-state index in [1.807, 2.05) is 35.2 Å². The first-order valence-electron chi connectivity index (χ1n) is 9.90. The van der Waals surface area contributed by atoms with Gasteiger partial charge in [-0.15, -0.1) is 11.3 Å². The van der Waals surface area contributed by atoms with Gasteiger partial charge in [-0.25, -0.2) is 0 Å². The molecular weight excluding hydrogens is 414 g/mol. The minimum atomic E-state index is -0.144. The van der Waals surface area contributed by atoms with Gasteiger partial charge in [0.2, 0.25) is 5.91 Å². The monoisotopic (exact) mass is 433 g/mol. The van der Waals surface area contributed by atoms with Crippen LogP contribution in [0.5, 0.6) is 11.5 Å². The smallest absolute Gasteiger partial charge is 0.264 e. The van der Waals surface area contributed by atoms with E-state index in [1.165, 1.54) is 11.3 Å². The number of ether oxygens (including phenoxy) is 1. The molecule has 156 valence electrons. The van der Waals surface area contributed by atoms with Gasteiger partial charge in [-0.05, 0) is 30.2 Å². The van der Waals surface area contributed by atoms with E-state index in [9.17, 15) is 9.59 Å². The van der Waals surface area contributed by atoms with E-state index in [2.05, 4.69) is 20.5 Å². The summed E-state index contributed by atoms with van der Waals surface area (Å²) in [6, 6.07) is 12.7. The summed E-state index contributed by atoms with van der Waals surface area (Å²) in [5.74, 6) is 1.71. The van der Waals surface area contributed by atoms with Crippen molar-refractivity contribution in [3.63, 3.8) is 0 Å². The van der Waals surface area contributed by atoms with Crippen molar-refractivity contribution < 1.29 is 14.3 Å². The van der Waals surface area contributed by atoms with E-state index in [0.717, 1.165) is 35.3 Å². The molecular formula is C22H19N5O3S. The van der Waals surface area contributed by atoms with E-state index in [1.54, 1.807) is 24.5 Å². The molecule has 1 aliphatic heterocycles. The van der Waals surface area contributed by atoms with Crippen molar-refractivity contribution in [1.82, 2.24) is 20.1 Å². The van der Waals surface area contributed by atoms with Crippen LogP contribution in [0.4, 0.5) is 5.82 Å². The topological polar surface area (TPSA) is 100 Å². The molecule has 0 unspecified atom stereocenters. The van der Waals surface area contributed by atoms with Gasteiger partial charge in [0.25, 0.3) is 5.91 Å². The quantitative estimate of drug-likeness (QED) is 0.481. The van der Waals surface area contributed by atoms with Crippen LogP contribution in [0.2, 0.25) is 0 Å². The number of aromatic amines is 1. The van der Waals surface area contributed by atoms with Gasteiger partial charge >= 0.3 is 0 Å². The number of rotatable bonds is 6. The number of thiophene rings is 1. The number of likely N-dealkylation sites (tertiary alicyclic amines) is 1. The maximum absolute atomic E-state index is 12.5. The minimum Gasteiger partial charge on any atom is -0.456 e. The summed E-state index contributed by atoms with van der Waals surface area (Å²) in [7, 11) is 0. The van der Waals surface area contributed by atoms with Gasteiger partial charge < -0.3 is 15.0 Å². The van der Waals surface area contributed by atoms with Gasteiger partial charge in [-0.2, -0.15) is 5.10 Å². The molecule has 2 N–H and O–H groups in total. The van der Waals surface area contributed by atoms with Crippen molar-refractivity contribution in [2.24, 2.45) is 0 Å².